The number of carbonyl (C=O) groups is 2. The Labute approximate surface area is 132 Å². The Balaban J connectivity index is 1.95. The molecule has 0 bridgehead atoms. The highest BCUT2D eigenvalue weighted by Gasteiger charge is 2.31. The maximum absolute atomic E-state index is 12.5. The van der Waals surface area contributed by atoms with Crippen LogP contribution in [0.25, 0.3) is 0 Å². The van der Waals surface area contributed by atoms with Crippen molar-refractivity contribution < 1.29 is 22.8 Å². The lowest BCUT2D eigenvalue weighted by atomic mass is 9.96. The number of rotatable bonds is 4. The van der Waals surface area contributed by atoms with Crippen molar-refractivity contribution in [2.24, 2.45) is 11.7 Å². The molecule has 1 aliphatic rings. The summed E-state index contributed by atoms with van der Waals surface area (Å²) in [4.78, 5) is 24.9. The molecular formula is C16H19F3N2O2. The van der Waals surface area contributed by atoms with Crippen molar-refractivity contribution in [1.29, 1.82) is 0 Å². The maximum Gasteiger partial charge on any atom is 0.416 e. The van der Waals surface area contributed by atoms with E-state index in [0.717, 1.165) is 12.1 Å². The molecule has 2 rings (SSSR count). The normalized spacial score (nSPS) is 19.7. The van der Waals surface area contributed by atoms with Gasteiger partial charge in [-0.3, -0.25) is 9.59 Å². The third-order valence-corrected chi connectivity index (χ3v) is 4.23. The molecule has 0 aromatic heterocycles. The van der Waals surface area contributed by atoms with E-state index < -0.39 is 17.6 Å². The number of hydrogen-bond donors (Lipinski definition) is 1. The van der Waals surface area contributed by atoms with Crippen molar-refractivity contribution in [3.63, 3.8) is 0 Å². The standard InChI is InChI=1S/C16H19F3N2O2/c1-10(11-2-4-13(5-3-11)16(17,18)19)8-14(22)21-7-6-12(9-21)15(20)23/h2-5,10,12H,6-9H2,1H3,(H2,20,23). The van der Waals surface area contributed by atoms with Gasteiger partial charge in [-0.05, 0) is 30.0 Å². The highest BCUT2D eigenvalue weighted by Crippen LogP contribution is 2.31. The molecule has 1 aliphatic heterocycles. The number of nitrogens with zero attached hydrogens (tertiary/aromatic N) is 1. The molecule has 23 heavy (non-hydrogen) atoms. The first-order valence-electron chi connectivity index (χ1n) is 7.42. The summed E-state index contributed by atoms with van der Waals surface area (Å²) in [5.41, 5.74) is 5.21. The van der Waals surface area contributed by atoms with Crippen molar-refractivity contribution >= 4 is 11.8 Å². The van der Waals surface area contributed by atoms with Gasteiger partial charge in [0.2, 0.25) is 11.8 Å². The fourth-order valence-corrected chi connectivity index (χ4v) is 2.73. The van der Waals surface area contributed by atoms with Gasteiger partial charge in [0.15, 0.2) is 0 Å². The van der Waals surface area contributed by atoms with Gasteiger partial charge in [-0.25, -0.2) is 0 Å². The van der Waals surface area contributed by atoms with Crippen LogP contribution in [0.5, 0.6) is 0 Å². The summed E-state index contributed by atoms with van der Waals surface area (Å²) >= 11 is 0. The molecular weight excluding hydrogens is 309 g/mol. The van der Waals surface area contributed by atoms with E-state index in [1.807, 2.05) is 0 Å². The molecule has 1 aromatic carbocycles. The van der Waals surface area contributed by atoms with Gasteiger partial charge >= 0.3 is 6.18 Å². The Morgan fingerprint density at radius 3 is 2.39 bits per heavy atom. The Kier molecular flexibility index (Phi) is 4.97. The van der Waals surface area contributed by atoms with E-state index in [0.29, 0.717) is 25.1 Å². The molecule has 1 aromatic rings. The SMILES string of the molecule is CC(CC(=O)N1CCC(C(N)=O)C1)c1ccc(C(F)(F)F)cc1. The van der Waals surface area contributed by atoms with Gasteiger partial charge in [-0.15, -0.1) is 0 Å². The van der Waals surface area contributed by atoms with Crippen LogP contribution in [0.2, 0.25) is 0 Å². The molecule has 0 saturated carbocycles. The lowest BCUT2D eigenvalue weighted by Gasteiger charge is -2.19. The largest absolute Gasteiger partial charge is 0.416 e. The predicted octanol–water partition coefficient (Wildman–Crippen LogP) is 2.53. The number of carbonyl (C=O) groups excluding carboxylic acids is 2. The summed E-state index contributed by atoms with van der Waals surface area (Å²) in [6.07, 6.45) is -3.61. The van der Waals surface area contributed by atoms with Crippen LogP contribution in [-0.2, 0) is 15.8 Å². The summed E-state index contributed by atoms with van der Waals surface area (Å²) in [5, 5.41) is 0. The monoisotopic (exact) mass is 328 g/mol. The quantitative estimate of drug-likeness (QED) is 0.923. The zero-order valence-electron chi connectivity index (χ0n) is 12.8. The van der Waals surface area contributed by atoms with Crippen LogP contribution in [0.3, 0.4) is 0 Å². The van der Waals surface area contributed by atoms with Crippen LogP contribution in [0, 0.1) is 5.92 Å². The molecule has 1 saturated heterocycles. The lowest BCUT2D eigenvalue weighted by Crippen LogP contribution is -2.32. The molecule has 2 amide bonds. The summed E-state index contributed by atoms with van der Waals surface area (Å²) in [7, 11) is 0. The minimum Gasteiger partial charge on any atom is -0.369 e. The second-order valence-electron chi connectivity index (χ2n) is 5.95. The van der Waals surface area contributed by atoms with Crippen molar-refractivity contribution in [2.45, 2.75) is 31.9 Å². The van der Waals surface area contributed by atoms with Crippen LogP contribution in [-0.4, -0.2) is 29.8 Å². The lowest BCUT2D eigenvalue weighted by molar-refractivity contribution is -0.137. The number of benzene rings is 1. The fraction of sp³-hybridized carbons (Fsp3) is 0.500. The Morgan fingerprint density at radius 1 is 1.30 bits per heavy atom. The minimum atomic E-state index is -4.36. The number of hydrogen-bond acceptors (Lipinski definition) is 2. The first kappa shape index (κ1) is 17.3. The third-order valence-electron chi connectivity index (χ3n) is 4.23. The minimum absolute atomic E-state index is 0.110. The maximum atomic E-state index is 12.5. The number of likely N-dealkylation sites (tertiary alicyclic amines) is 1. The fourth-order valence-electron chi connectivity index (χ4n) is 2.73. The van der Waals surface area contributed by atoms with E-state index in [1.165, 1.54) is 12.1 Å². The van der Waals surface area contributed by atoms with E-state index >= 15 is 0 Å². The average molecular weight is 328 g/mol. The van der Waals surface area contributed by atoms with E-state index in [2.05, 4.69) is 0 Å². The third kappa shape index (κ3) is 4.24. The molecule has 1 heterocycles. The molecule has 4 nitrogen and oxygen atoms in total. The average Bonchev–Trinajstić information content (AvgIpc) is 2.96. The zero-order chi connectivity index (χ0) is 17.2. The highest BCUT2D eigenvalue weighted by atomic mass is 19.4. The first-order chi connectivity index (χ1) is 10.7. The van der Waals surface area contributed by atoms with E-state index in [-0.39, 0.29) is 24.2 Å². The number of amides is 2. The van der Waals surface area contributed by atoms with Gasteiger partial charge in [0, 0.05) is 19.5 Å². The molecule has 126 valence electrons. The molecule has 0 aliphatic carbocycles. The van der Waals surface area contributed by atoms with Crippen molar-refractivity contribution in [1.82, 2.24) is 4.90 Å². The van der Waals surface area contributed by atoms with E-state index in [1.54, 1.807) is 11.8 Å². The number of nitrogens with two attached hydrogens (primary N) is 1. The number of primary amides is 1. The van der Waals surface area contributed by atoms with Crippen molar-refractivity contribution in [2.75, 3.05) is 13.1 Å². The van der Waals surface area contributed by atoms with Crippen LogP contribution >= 0.6 is 0 Å². The van der Waals surface area contributed by atoms with Gasteiger partial charge < -0.3 is 10.6 Å². The summed E-state index contributed by atoms with van der Waals surface area (Å²) in [6, 6.07) is 4.85. The van der Waals surface area contributed by atoms with Gasteiger partial charge in [-0.2, -0.15) is 13.2 Å². The molecule has 0 radical (unpaired) electrons. The molecule has 2 atom stereocenters. The molecule has 0 spiro atoms. The molecule has 7 heteroatoms. The first-order valence-corrected chi connectivity index (χ1v) is 7.42. The summed E-state index contributed by atoms with van der Waals surface area (Å²) in [5.74, 6) is -1.02. The zero-order valence-corrected chi connectivity index (χ0v) is 12.8. The number of alkyl halides is 3. The predicted molar refractivity (Wildman–Crippen MR) is 78.4 cm³/mol. The summed E-state index contributed by atoms with van der Waals surface area (Å²) in [6.45, 7) is 2.61. The molecule has 2 unspecified atom stereocenters. The molecule has 2 N–H and O–H groups in total. The van der Waals surface area contributed by atoms with Gasteiger partial charge in [0.1, 0.15) is 0 Å². The number of halogens is 3. The van der Waals surface area contributed by atoms with Crippen LogP contribution in [0.15, 0.2) is 24.3 Å². The van der Waals surface area contributed by atoms with E-state index in [9.17, 15) is 22.8 Å². The van der Waals surface area contributed by atoms with Gasteiger partial charge in [-0.1, -0.05) is 19.1 Å². The Bertz CT molecular complexity index is 584. The second kappa shape index (κ2) is 6.60. The van der Waals surface area contributed by atoms with Crippen LogP contribution in [0.1, 0.15) is 36.8 Å². The van der Waals surface area contributed by atoms with E-state index in [4.69, 9.17) is 5.73 Å². The Hall–Kier alpha value is -2.05. The van der Waals surface area contributed by atoms with Crippen molar-refractivity contribution in [3.05, 3.63) is 35.4 Å². The van der Waals surface area contributed by atoms with Gasteiger partial charge in [0.25, 0.3) is 0 Å². The van der Waals surface area contributed by atoms with Crippen LogP contribution in [0.4, 0.5) is 13.2 Å². The second-order valence-corrected chi connectivity index (χ2v) is 5.95. The highest BCUT2D eigenvalue weighted by molar-refractivity contribution is 5.81. The van der Waals surface area contributed by atoms with Gasteiger partial charge in [0.05, 0.1) is 11.5 Å². The topological polar surface area (TPSA) is 63.4 Å². The molecule has 1 fully saturated rings. The Morgan fingerprint density at radius 2 is 1.91 bits per heavy atom. The van der Waals surface area contributed by atoms with Crippen LogP contribution < -0.4 is 5.73 Å². The summed E-state index contributed by atoms with van der Waals surface area (Å²) < 4.78 is 37.6. The van der Waals surface area contributed by atoms with Crippen molar-refractivity contribution in [3.8, 4) is 0 Å². The smallest absolute Gasteiger partial charge is 0.369 e.